The summed E-state index contributed by atoms with van der Waals surface area (Å²) < 4.78 is 34.6. The van der Waals surface area contributed by atoms with E-state index in [1.165, 1.54) is 18.2 Å². The Labute approximate surface area is 311 Å². The molecule has 11 heteroatoms. The van der Waals surface area contributed by atoms with Crippen LogP contribution in [-0.4, -0.2) is 43.3 Å². The number of carbonyl (C=O) groups excluding carboxylic acids is 2. The van der Waals surface area contributed by atoms with Crippen LogP contribution >= 0.6 is 0 Å². The van der Waals surface area contributed by atoms with Crippen molar-refractivity contribution < 1.29 is 42.9 Å². The van der Waals surface area contributed by atoms with Gasteiger partial charge >= 0.3 is 17.6 Å². The van der Waals surface area contributed by atoms with Crippen molar-refractivity contribution in [3.8, 4) is 45.6 Å². The number of benzene rings is 4. The molecule has 0 atom stereocenters. The van der Waals surface area contributed by atoms with Gasteiger partial charge in [-0.05, 0) is 79.3 Å². The van der Waals surface area contributed by atoms with Gasteiger partial charge in [0.05, 0.1) is 31.4 Å². The summed E-state index contributed by atoms with van der Waals surface area (Å²) >= 11 is 0. The van der Waals surface area contributed by atoms with E-state index in [-0.39, 0.29) is 28.4 Å². The van der Waals surface area contributed by atoms with Gasteiger partial charge in [-0.25, -0.2) is 9.59 Å². The zero-order chi connectivity index (χ0) is 38.0. The molecule has 0 spiro atoms. The lowest BCUT2D eigenvalue weighted by molar-refractivity contribution is -0.385. The monoisotopic (exact) mass is 727 g/mol. The van der Waals surface area contributed by atoms with Gasteiger partial charge in [-0.1, -0.05) is 71.6 Å². The highest BCUT2D eigenvalue weighted by Crippen LogP contribution is 2.35. The molecule has 11 nitrogen and oxygen atoms in total. The molecule has 0 amide bonds. The molecule has 0 aliphatic heterocycles. The van der Waals surface area contributed by atoms with Crippen LogP contribution in [0.1, 0.15) is 99.8 Å². The number of nitro groups is 1. The zero-order valence-corrected chi connectivity index (χ0v) is 31.0. The predicted octanol–water partition coefficient (Wildman–Crippen LogP) is 10.4. The number of hydrogen-bond donors (Lipinski definition) is 0. The van der Waals surface area contributed by atoms with Crippen LogP contribution in [0.4, 0.5) is 5.69 Å². The highest BCUT2D eigenvalue weighted by molar-refractivity contribution is 5.95. The lowest BCUT2D eigenvalue weighted by Crippen LogP contribution is -2.12. The maximum Gasteiger partial charge on any atom is 0.347 e. The third-order valence-corrected chi connectivity index (χ3v) is 8.15. The maximum atomic E-state index is 13.3. The molecule has 53 heavy (non-hydrogen) atoms. The quantitative estimate of drug-likeness (QED) is 0.0253. The summed E-state index contributed by atoms with van der Waals surface area (Å²) in [6.45, 7) is 10.2. The van der Waals surface area contributed by atoms with Crippen LogP contribution in [0.25, 0.3) is 11.1 Å². The van der Waals surface area contributed by atoms with E-state index in [0.29, 0.717) is 54.8 Å². The van der Waals surface area contributed by atoms with Gasteiger partial charge in [0.25, 0.3) is 0 Å². The third-order valence-electron chi connectivity index (χ3n) is 8.15. The fraction of sp³-hybridized carbons (Fsp3) is 0.381. The zero-order valence-electron chi connectivity index (χ0n) is 31.0. The van der Waals surface area contributed by atoms with Gasteiger partial charge < -0.3 is 28.4 Å². The predicted molar refractivity (Wildman–Crippen MR) is 203 cm³/mol. The van der Waals surface area contributed by atoms with Crippen molar-refractivity contribution in [3.05, 3.63) is 100 Å². The number of esters is 2. The first kappa shape index (κ1) is 40.2. The molecule has 0 saturated heterocycles. The molecule has 282 valence electrons. The minimum atomic E-state index is -0.795. The van der Waals surface area contributed by atoms with Gasteiger partial charge in [0.1, 0.15) is 39.9 Å². The molecule has 0 bridgehead atoms. The van der Waals surface area contributed by atoms with Crippen LogP contribution in [0.3, 0.4) is 0 Å². The minimum Gasteiger partial charge on any atom is -0.493 e. The van der Waals surface area contributed by atoms with E-state index in [0.717, 1.165) is 51.4 Å². The number of unbranched alkanes of at least 4 members (excludes halogenated alkanes) is 4. The topological polar surface area (TPSA) is 133 Å². The molecular weight excluding hydrogens is 678 g/mol. The SMILES string of the molecule is CCCCOc1ccc(C(=O)Oc2ccc(-c3ccc(OC(=O)c4ccc(OCCCC)cc4OCCCC)c([N+](=O)[O-])c3)cc2)c(OCCCC)c1. The van der Waals surface area contributed by atoms with Gasteiger partial charge in [0.2, 0.25) is 5.75 Å². The van der Waals surface area contributed by atoms with Crippen molar-refractivity contribution in [2.24, 2.45) is 0 Å². The number of hydrogen-bond acceptors (Lipinski definition) is 10. The van der Waals surface area contributed by atoms with Crippen LogP contribution in [0, 0.1) is 10.1 Å². The largest absolute Gasteiger partial charge is 0.493 e. The summed E-state index contributed by atoms with van der Waals surface area (Å²) in [6.07, 6.45) is 7.23. The van der Waals surface area contributed by atoms with Crippen molar-refractivity contribution in [1.82, 2.24) is 0 Å². The molecular formula is C42H49NO10. The van der Waals surface area contributed by atoms with E-state index < -0.39 is 22.5 Å². The summed E-state index contributed by atoms with van der Waals surface area (Å²) in [6, 6.07) is 20.8. The van der Waals surface area contributed by atoms with Crippen LogP contribution in [0.2, 0.25) is 0 Å². The van der Waals surface area contributed by atoms with Gasteiger partial charge in [0.15, 0.2) is 0 Å². The van der Waals surface area contributed by atoms with Crippen molar-refractivity contribution >= 4 is 17.6 Å². The van der Waals surface area contributed by atoms with Crippen molar-refractivity contribution in [2.45, 2.75) is 79.1 Å². The Hall–Kier alpha value is -5.58. The molecule has 0 unspecified atom stereocenters. The fourth-order valence-electron chi connectivity index (χ4n) is 5.04. The Kier molecular flexibility index (Phi) is 16.0. The number of nitrogens with zero attached hydrogens (tertiary/aromatic N) is 1. The fourth-order valence-corrected chi connectivity index (χ4v) is 5.04. The van der Waals surface area contributed by atoms with Gasteiger partial charge in [0, 0.05) is 18.2 Å². The molecule has 0 radical (unpaired) electrons. The Morgan fingerprint density at radius 1 is 0.509 bits per heavy atom. The summed E-state index contributed by atoms with van der Waals surface area (Å²) in [5.41, 5.74) is 1.12. The molecule has 0 N–H and O–H groups in total. The van der Waals surface area contributed by atoms with E-state index in [1.807, 2.05) is 6.92 Å². The van der Waals surface area contributed by atoms with E-state index in [2.05, 4.69) is 20.8 Å². The second kappa shape index (κ2) is 21.1. The average Bonchev–Trinajstić information content (AvgIpc) is 3.16. The summed E-state index contributed by atoms with van der Waals surface area (Å²) in [5, 5.41) is 12.1. The molecule has 0 aromatic heterocycles. The van der Waals surface area contributed by atoms with E-state index in [4.69, 9.17) is 28.4 Å². The first-order chi connectivity index (χ1) is 25.8. The molecule has 4 aromatic rings. The maximum absolute atomic E-state index is 13.3. The molecule has 0 aliphatic carbocycles. The van der Waals surface area contributed by atoms with Crippen molar-refractivity contribution in [1.29, 1.82) is 0 Å². The average molecular weight is 728 g/mol. The Morgan fingerprint density at radius 2 is 0.943 bits per heavy atom. The first-order valence-corrected chi connectivity index (χ1v) is 18.4. The van der Waals surface area contributed by atoms with Crippen LogP contribution in [-0.2, 0) is 0 Å². The van der Waals surface area contributed by atoms with E-state index in [9.17, 15) is 19.7 Å². The van der Waals surface area contributed by atoms with Crippen molar-refractivity contribution in [3.63, 3.8) is 0 Å². The van der Waals surface area contributed by atoms with Gasteiger partial charge in [-0.3, -0.25) is 10.1 Å². The van der Waals surface area contributed by atoms with Crippen molar-refractivity contribution in [2.75, 3.05) is 26.4 Å². The second-order valence-electron chi connectivity index (χ2n) is 12.4. The summed E-state index contributed by atoms with van der Waals surface area (Å²) in [5.74, 6) is 0.516. The number of nitro benzene ring substituents is 1. The Bertz CT molecular complexity index is 1800. The molecule has 0 fully saturated rings. The lowest BCUT2D eigenvalue weighted by Gasteiger charge is -2.14. The van der Waals surface area contributed by atoms with Gasteiger partial charge in [-0.15, -0.1) is 0 Å². The van der Waals surface area contributed by atoms with E-state index >= 15 is 0 Å². The molecule has 0 heterocycles. The highest BCUT2D eigenvalue weighted by Gasteiger charge is 2.23. The summed E-state index contributed by atoms with van der Waals surface area (Å²) in [4.78, 5) is 38.1. The highest BCUT2D eigenvalue weighted by atomic mass is 16.6. The molecule has 0 saturated carbocycles. The first-order valence-electron chi connectivity index (χ1n) is 18.4. The standard InChI is InChI=1S/C42H49NO10/c1-5-9-23-48-33-18-20-35(39(28-33)50-25-11-7-3)41(44)52-32-16-13-30(14-17-32)31-15-22-38(37(27-31)43(46)47)53-42(45)36-21-19-34(49-24-10-6-2)29-40(36)51-26-12-8-4/h13-22,27-29H,5-12,23-26H2,1-4H3. The van der Waals surface area contributed by atoms with Crippen LogP contribution in [0.5, 0.6) is 34.5 Å². The Balaban J connectivity index is 1.49. The van der Waals surface area contributed by atoms with Crippen LogP contribution < -0.4 is 28.4 Å². The minimum absolute atomic E-state index is 0.128. The van der Waals surface area contributed by atoms with Gasteiger partial charge in [-0.2, -0.15) is 0 Å². The smallest absolute Gasteiger partial charge is 0.347 e. The second-order valence-corrected chi connectivity index (χ2v) is 12.4. The lowest BCUT2D eigenvalue weighted by atomic mass is 10.0. The number of carbonyl (C=O) groups is 2. The normalized spacial score (nSPS) is 10.7. The number of ether oxygens (including phenoxy) is 6. The molecule has 4 rings (SSSR count). The van der Waals surface area contributed by atoms with E-state index in [1.54, 1.807) is 60.7 Å². The molecule has 0 aliphatic rings. The summed E-state index contributed by atoms with van der Waals surface area (Å²) in [7, 11) is 0. The van der Waals surface area contributed by atoms with Crippen LogP contribution in [0.15, 0.2) is 78.9 Å². The Morgan fingerprint density at radius 3 is 1.42 bits per heavy atom. The molecule has 4 aromatic carbocycles. The third kappa shape index (κ3) is 12.0. The number of rotatable bonds is 22.